The number of benzene rings is 1. The quantitative estimate of drug-likeness (QED) is 0.444. The van der Waals surface area contributed by atoms with Crippen LogP contribution < -0.4 is 9.64 Å². The fourth-order valence-corrected chi connectivity index (χ4v) is 3.93. The zero-order valence-electron chi connectivity index (χ0n) is 20.7. The molecule has 1 aliphatic rings. The van der Waals surface area contributed by atoms with Crippen molar-refractivity contribution in [2.24, 2.45) is 0 Å². The highest BCUT2D eigenvalue weighted by molar-refractivity contribution is 5.98. The summed E-state index contributed by atoms with van der Waals surface area (Å²) >= 11 is 0. The van der Waals surface area contributed by atoms with E-state index in [9.17, 15) is 9.59 Å². The number of nitrogens with zero attached hydrogens (tertiary/aromatic N) is 5. The van der Waals surface area contributed by atoms with Crippen molar-refractivity contribution in [2.45, 2.75) is 52.1 Å². The summed E-state index contributed by atoms with van der Waals surface area (Å²) in [5.41, 5.74) is 2.65. The molecule has 0 atom stereocenters. The Morgan fingerprint density at radius 3 is 2.86 bits per heavy atom. The number of carbonyl (C=O) groups excluding carboxylic acids is 2. The van der Waals surface area contributed by atoms with Gasteiger partial charge in [0.2, 0.25) is 5.89 Å². The Hall–Kier alpha value is -4.19. The first-order valence-electron chi connectivity index (χ1n) is 11.9. The number of anilines is 1. The topological polar surface area (TPSA) is 113 Å². The second-order valence-corrected chi connectivity index (χ2v) is 9.31. The van der Waals surface area contributed by atoms with E-state index < -0.39 is 0 Å². The molecule has 0 saturated heterocycles. The molecule has 0 N–H and O–H groups in total. The van der Waals surface area contributed by atoms with Crippen LogP contribution in [0.2, 0.25) is 0 Å². The minimum atomic E-state index is -0.357. The van der Waals surface area contributed by atoms with Gasteiger partial charge in [0.25, 0.3) is 11.8 Å². The number of pyridine rings is 1. The van der Waals surface area contributed by atoms with Crippen LogP contribution in [-0.2, 0) is 23.3 Å². The largest absolute Gasteiger partial charge is 0.482 e. The molecular formula is C27H29N5O4. The van der Waals surface area contributed by atoms with E-state index in [1.54, 1.807) is 23.4 Å². The van der Waals surface area contributed by atoms with Crippen molar-refractivity contribution in [1.82, 2.24) is 14.9 Å². The van der Waals surface area contributed by atoms with Crippen molar-refractivity contribution in [3.05, 3.63) is 71.7 Å². The maximum absolute atomic E-state index is 13.2. The van der Waals surface area contributed by atoms with E-state index in [4.69, 9.17) is 14.4 Å². The van der Waals surface area contributed by atoms with Crippen LogP contribution in [0.4, 0.5) is 5.69 Å². The lowest BCUT2D eigenvalue weighted by Gasteiger charge is -2.31. The summed E-state index contributed by atoms with van der Waals surface area (Å²) in [4.78, 5) is 37.6. The van der Waals surface area contributed by atoms with Crippen LogP contribution in [0, 0.1) is 11.3 Å². The molecule has 0 spiro atoms. The van der Waals surface area contributed by atoms with E-state index >= 15 is 0 Å². The van der Waals surface area contributed by atoms with Gasteiger partial charge in [0.05, 0.1) is 18.2 Å². The summed E-state index contributed by atoms with van der Waals surface area (Å²) in [6.45, 7) is 6.96. The SMILES string of the molecule is CCC(C)(C)c1ccc2c(c1)N(Cc1nc(C(=O)N(CCC#N)Cc3cccnc3)co1)C(=O)CO2. The summed E-state index contributed by atoms with van der Waals surface area (Å²) in [5.74, 6) is 0.283. The molecule has 0 fully saturated rings. The first-order chi connectivity index (χ1) is 17.3. The van der Waals surface area contributed by atoms with Gasteiger partial charge < -0.3 is 14.1 Å². The number of fused-ring (bicyclic) bond motifs is 1. The first-order valence-corrected chi connectivity index (χ1v) is 11.9. The zero-order valence-corrected chi connectivity index (χ0v) is 20.7. The molecule has 9 heteroatoms. The maximum atomic E-state index is 13.2. The zero-order chi connectivity index (χ0) is 25.7. The molecular weight excluding hydrogens is 458 g/mol. The summed E-state index contributed by atoms with van der Waals surface area (Å²) in [6.07, 6.45) is 5.75. The highest BCUT2D eigenvalue weighted by atomic mass is 16.5. The Morgan fingerprint density at radius 1 is 1.31 bits per heavy atom. The smallest absolute Gasteiger partial charge is 0.276 e. The lowest BCUT2D eigenvalue weighted by molar-refractivity contribution is -0.121. The maximum Gasteiger partial charge on any atom is 0.276 e. The van der Waals surface area contributed by atoms with Crippen molar-refractivity contribution < 1.29 is 18.7 Å². The summed E-state index contributed by atoms with van der Waals surface area (Å²) in [7, 11) is 0. The van der Waals surface area contributed by atoms with Gasteiger partial charge in [0, 0.05) is 25.5 Å². The van der Waals surface area contributed by atoms with Gasteiger partial charge in [-0.15, -0.1) is 0 Å². The summed E-state index contributed by atoms with van der Waals surface area (Å²) < 4.78 is 11.2. The first kappa shape index (κ1) is 24.9. The van der Waals surface area contributed by atoms with E-state index in [1.165, 1.54) is 11.2 Å². The molecule has 2 aromatic heterocycles. The number of rotatable bonds is 9. The molecule has 186 valence electrons. The Kier molecular flexibility index (Phi) is 7.34. The molecule has 2 amide bonds. The predicted molar refractivity (Wildman–Crippen MR) is 132 cm³/mol. The number of oxazole rings is 1. The minimum absolute atomic E-state index is 0.0646. The Balaban J connectivity index is 1.55. The summed E-state index contributed by atoms with van der Waals surface area (Å²) in [6, 6.07) is 11.6. The van der Waals surface area contributed by atoms with Gasteiger partial charge in [0.1, 0.15) is 18.6 Å². The van der Waals surface area contributed by atoms with E-state index in [0.29, 0.717) is 18.0 Å². The third-order valence-electron chi connectivity index (χ3n) is 6.51. The molecule has 3 aromatic rings. The number of amides is 2. The molecule has 36 heavy (non-hydrogen) atoms. The predicted octanol–water partition coefficient (Wildman–Crippen LogP) is 4.24. The van der Waals surface area contributed by atoms with E-state index in [-0.39, 0.29) is 54.9 Å². The van der Waals surface area contributed by atoms with Crippen LogP contribution in [0.15, 0.2) is 53.4 Å². The van der Waals surface area contributed by atoms with Crippen LogP contribution in [-0.4, -0.2) is 39.8 Å². The lowest BCUT2D eigenvalue weighted by Crippen LogP contribution is -2.38. The van der Waals surface area contributed by atoms with Crippen molar-refractivity contribution >= 4 is 17.5 Å². The second-order valence-electron chi connectivity index (χ2n) is 9.31. The summed E-state index contributed by atoms with van der Waals surface area (Å²) in [5, 5.41) is 9.03. The third-order valence-corrected chi connectivity index (χ3v) is 6.51. The molecule has 4 rings (SSSR count). The molecule has 1 aromatic carbocycles. The van der Waals surface area contributed by atoms with Gasteiger partial charge >= 0.3 is 0 Å². The fraction of sp³-hybridized carbons (Fsp3) is 0.370. The van der Waals surface area contributed by atoms with Gasteiger partial charge in [-0.3, -0.25) is 19.5 Å². The number of nitriles is 1. The standard InChI is InChI=1S/C27H29N5O4/c1-4-27(2,3)20-8-9-23-22(13-20)32(25(33)18-35-23)16-24-30-21(17-36-24)26(34)31(12-6-10-28)15-19-7-5-11-29-14-19/h5,7-9,11,13-14,17H,4,6,12,15-16,18H2,1-3H3. The van der Waals surface area contributed by atoms with Gasteiger partial charge in [-0.2, -0.15) is 5.26 Å². The molecule has 0 aliphatic carbocycles. The van der Waals surface area contributed by atoms with Gasteiger partial charge in [-0.05, 0) is 41.2 Å². The van der Waals surface area contributed by atoms with E-state index in [2.05, 4.69) is 36.8 Å². The normalized spacial score (nSPS) is 13.1. The average Bonchev–Trinajstić information content (AvgIpc) is 3.36. The molecule has 0 bridgehead atoms. The minimum Gasteiger partial charge on any atom is -0.482 e. The van der Waals surface area contributed by atoms with Crippen LogP contribution in [0.1, 0.15) is 61.1 Å². The molecule has 0 radical (unpaired) electrons. The Morgan fingerprint density at radius 2 is 2.14 bits per heavy atom. The second kappa shape index (κ2) is 10.6. The van der Waals surface area contributed by atoms with Gasteiger partial charge in [-0.25, -0.2) is 4.98 Å². The average molecular weight is 488 g/mol. The van der Waals surface area contributed by atoms with Crippen LogP contribution in [0.5, 0.6) is 5.75 Å². The number of ether oxygens (including phenoxy) is 1. The van der Waals surface area contributed by atoms with E-state index in [1.807, 2.05) is 24.3 Å². The Bertz CT molecular complexity index is 1280. The molecule has 0 saturated carbocycles. The number of aromatic nitrogens is 2. The number of carbonyl (C=O) groups is 2. The van der Waals surface area contributed by atoms with Crippen LogP contribution in [0.25, 0.3) is 0 Å². The fourth-order valence-electron chi connectivity index (χ4n) is 3.93. The van der Waals surface area contributed by atoms with Crippen LogP contribution in [0.3, 0.4) is 0 Å². The van der Waals surface area contributed by atoms with Crippen LogP contribution >= 0.6 is 0 Å². The van der Waals surface area contributed by atoms with E-state index in [0.717, 1.165) is 17.5 Å². The Labute approximate surface area is 210 Å². The number of hydrogen-bond donors (Lipinski definition) is 0. The molecule has 1 aliphatic heterocycles. The third kappa shape index (κ3) is 5.38. The van der Waals surface area contributed by atoms with Crippen molar-refractivity contribution in [3.8, 4) is 11.8 Å². The van der Waals surface area contributed by atoms with Crippen molar-refractivity contribution in [1.29, 1.82) is 5.26 Å². The highest BCUT2D eigenvalue weighted by Crippen LogP contribution is 2.38. The molecule has 0 unspecified atom stereocenters. The highest BCUT2D eigenvalue weighted by Gasteiger charge is 2.30. The van der Waals surface area contributed by atoms with Gasteiger partial charge in [0.15, 0.2) is 12.3 Å². The monoisotopic (exact) mass is 487 g/mol. The van der Waals surface area contributed by atoms with Crippen molar-refractivity contribution in [2.75, 3.05) is 18.1 Å². The van der Waals surface area contributed by atoms with Gasteiger partial charge in [-0.1, -0.05) is 32.9 Å². The van der Waals surface area contributed by atoms with Crippen molar-refractivity contribution in [3.63, 3.8) is 0 Å². The number of hydrogen-bond acceptors (Lipinski definition) is 7. The lowest BCUT2D eigenvalue weighted by atomic mass is 9.82. The molecule has 3 heterocycles. The molecule has 9 nitrogen and oxygen atoms in total.